The predicted molar refractivity (Wildman–Crippen MR) is 274 cm³/mol. The summed E-state index contributed by atoms with van der Waals surface area (Å²) in [5.41, 5.74) is 21.1. The molecule has 2 aromatic rings. The van der Waals surface area contributed by atoms with Crippen molar-refractivity contribution in [2.24, 2.45) is 0 Å². The number of hydrogen-bond donors (Lipinski definition) is 0. The topological polar surface area (TPSA) is 25.3 Å². The van der Waals surface area contributed by atoms with Gasteiger partial charge in [-0.2, -0.15) is 0 Å². The predicted octanol–water partition coefficient (Wildman–Crippen LogP) is 20.1. The highest BCUT2D eigenvalue weighted by Crippen LogP contribution is 2.42. The first kappa shape index (κ1) is 53.4. The molecule has 0 unspecified atom stereocenters. The summed E-state index contributed by atoms with van der Waals surface area (Å²) in [7, 11) is 0. The van der Waals surface area contributed by atoms with Crippen LogP contribution in [0, 0.1) is 11.8 Å². The Morgan fingerprint density at radius 2 is 0.742 bits per heavy atom. The molecule has 0 aliphatic carbocycles. The molecule has 62 heavy (non-hydrogen) atoms. The smallest absolute Gasteiger partial charge is 0.223 e. The summed E-state index contributed by atoms with van der Waals surface area (Å²) in [5.74, 6) is 7.30. The summed E-state index contributed by atoms with van der Waals surface area (Å²) >= 11 is 0. The minimum Gasteiger partial charge on any atom is -0.493 e. The fraction of sp³-hybridized carbons (Fsp3) is 0.700. The summed E-state index contributed by atoms with van der Waals surface area (Å²) in [6.07, 6.45) is 50.5. The first-order valence-corrected chi connectivity index (χ1v) is 27.3. The average molecular weight is 845 g/mol. The van der Waals surface area contributed by atoms with Gasteiger partial charge in [-0.25, -0.2) is 4.70 Å². The minimum atomic E-state index is 0.873. The van der Waals surface area contributed by atoms with Crippen molar-refractivity contribution in [2.45, 2.75) is 272 Å². The molecule has 0 saturated carbocycles. The van der Waals surface area contributed by atoms with E-state index in [9.17, 15) is 5.53 Å². The van der Waals surface area contributed by atoms with E-state index in [4.69, 9.17) is 0 Å². The molecule has 2 heteroatoms. The van der Waals surface area contributed by atoms with Gasteiger partial charge >= 0.3 is 0 Å². The van der Waals surface area contributed by atoms with Crippen LogP contribution in [0.5, 0.6) is 0 Å². The highest BCUT2D eigenvalue weighted by molar-refractivity contribution is 5.85. The molecule has 1 aliphatic rings. The van der Waals surface area contributed by atoms with E-state index in [0.717, 1.165) is 73.0 Å². The van der Waals surface area contributed by atoms with Crippen molar-refractivity contribution in [2.75, 3.05) is 0 Å². The second-order valence-corrected chi connectivity index (χ2v) is 19.2. The Morgan fingerprint density at radius 1 is 0.387 bits per heavy atom. The van der Waals surface area contributed by atoms with Crippen molar-refractivity contribution in [3.05, 3.63) is 87.5 Å². The Labute approximate surface area is 385 Å². The fourth-order valence-corrected chi connectivity index (χ4v) is 9.49. The summed E-state index contributed by atoms with van der Waals surface area (Å²) in [6.45, 7) is 9.10. The highest BCUT2D eigenvalue weighted by Gasteiger charge is 2.35. The maximum Gasteiger partial charge on any atom is 0.223 e. The number of hydrogen-bond acceptors (Lipinski definition) is 0. The molecule has 1 aliphatic heterocycles. The zero-order chi connectivity index (χ0) is 44.1. The SMILES string of the molecule is CCCCCCCCCCCCCCCCCCCCCCCCCCCCC#CC1=C(c2cccc(CCCCC)c2)[N+](=[N-])C(c2cccc(CCCCC)c2)=C1CCCC. The molecular formula is C60H96N2. The van der Waals surface area contributed by atoms with Crippen LogP contribution >= 0.6 is 0 Å². The third-order valence-electron chi connectivity index (χ3n) is 13.4. The molecule has 3 rings (SSSR count). The van der Waals surface area contributed by atoms with E-state index in [1.54, 1.807) is 0 Å². The Morgan fingerprint density at radius 3 is 1.15 bits per heavy atom. The molecule has 2 aromatic carbocycles. The normalized spacial score (nSPS) is 12.8. The van der Waals surface area contributed by atoms with Gasteiger partial charge in [-0.1, -0.05) is 256 Å². The van der Waals surface area contributed by atoms with Crippen LogP contribution in [0.3, 0.4) is 0 Å². The quantitative estimate of drug-likeness (QED) is 0.0364. The average Bonchev–Trinajstić information content (AvgIpc) is 3.56. The highest BCUT2D eigenvalue weighted by atomic mass is 15.2. The van der Waals surface area contributed by atoms with E-state index in [1.807, 2.05) is 0 Å². The molecule has 1 heterocycles. The Bertz CT molecular complexity index is 1580. The van der Waals surface area contributed by atoms with Crippen molar-refractivity contribution in [3.63, 3.8) is 0 Å². The summed E-state index contributed by atoms with van der Waals surface area (Å²) in [6, 6.07) is 17.8. The first-order valence-electron chi connectivity index (χ1n) is 27.3. The van der Waals surface area contributed by atoms with Crippen LogP contribution in [-0.2, 0) is 12.8 Å². The lowest BCUT2D eigenvalue weighted by molar-refractivity contribution is -0.345. The first-order chi connectivity index (χ1) is 30.6. The zero-order valence-electron chi connectivity index (χ0n) is 41.4. The van der Waals surface area contributed by atoms with E-state index in [0.29, 0.717) is 0 Å². The van der Waals surface area contributed by atoms with E-state index in [-0.39, 0.29) is 0 Å². The van der Waals surface area contributed by atoms with E-state index in [2.05, 4.69) is 88.1 Å². The van der Waals surface area contributed by atoms with Crippen molar-refractivity contribution in [1.29, 1.82) is 0 Å². The zero-order valence-corrected chi connectivity index (χ0v) is 41.4. The maximum absolute atomic E-state index is 12.2. The van der Waals surface area contributed by atoms with Gasteiger partial charge in [0.15, 0.2) is 0 Å². The molecule has 0 amide bonds. The van der Waals surface area contributed by atoms with Gasteiger partial charge in [-0.3, -0.25) is 0 Å². The number of benzene rings is 2. The van der Waals surface area contributed by atoms with E-state index >= 15 is 0 Å². The van der Waals surface area contributed by atoms with Crippen LogP contribution in [-0.4, -0.2) is 4.70 Å². The lowest BCUT2D eigenvalue weighted by atomic mass is 9.94. The lowest BCUT2D eigenvalue weighted by Crippen LogP contribution is -2.03. The third-order valence-corrected chi connectivity index (χ3v) is 13.4. The van der Waals surface area contributed by atoms with E-state index in [1.165, 1.54) is 220 Å². The number of allylic oxidation sites excluding steroid dienone is 2. The number of rotatable bonds is 39. The lowest BCUT2D eigenvalue weighted by Gasteiger charge is -2.11. The standard InChI is InChI=1S/C60H96N2/c1-5-9-13-14-15-16-17-18-19-20-21-22-23-24-25-26-27-28-29-30-31-32-33-34-35-36-37-40-50-58-57(49-12-8-4)59(55-47-41-45-53(51-55)43-38-10-6-2)62(61)60(58)56-48-42-46-54(52-56)44-39-11-7-3/h41-42,45-48,51-52H,5-39,43-44,49H2,1-4H3. The maximum atomic E-state index is 12.2. The summed E-state index contributed by atoms with van der Waals surface area (Å²) < 4.78 is 1.51. The van der Waals surface area contributed by atoms with Crippen molar-refractivity contribution in [1.82, 2.24) is 0 Å². The molecular weight excluding hydrogens is 749 g/mol. The molecule has 0 radical (unpaired) electrons. The monoisotopic (exact) mass is 845 g/mol. The Kier molecular flexibility index (Phi) is 31.4. The van der Waals surface area contributed by atoms with Crippen LogP contribution in [0.25, 0.3) is 16.9 Å². The molecule has 0 spiro atoms. The van der Waals surface area contributed by atoms with Gasteiger partial charge in [-0.15, -0.1) is 0 Å². The van der Waals surface area contributed by atoms with Gasteiger partial charge in [0.2, 0.25) is 11.4 Å². The number of nitrogens with zero attached hydrogens (tertiary/aromatic N) is 2. The third kappa shape index (κ3) is 22.6. The van der Waals surface area contributed by atoms with Gasteiger partial charge in [0.1, 0.15) is 5.57 Å². The van der Waals surface area contributed by atoms with Gasteiger partial charge < -0.3 is 5.53 Å². The molecule has 2 nitrogen and oxygen atoms in total. The van der Waals surface area contributed by atoms with E-state index < -0.39 is 0 Å². The van der Waals surface area contributed by atoms with Crippen molar-refractivity contribution < 1.29 is 4.70 Å². The second-order valence-electron chi connectivity index (χ2n) is 19.2. The van der Waals surface area contributed by atoms with Gasteiger partial charge in [0.25, 0.3) is 0 Å². The molecule has 0 fully saturated rings. The van der Waals surface area contributed by atoms with Crippen LogP contribution in [0.4, 0.5) is 0 Å². The molecule has 0 atom stereocenters. The summed E-state index contributed by atoms with van der Waals surface area (Å²) in [4.78, 5) is 0. The van der Waals surface area contributed by atoms with Crippen LogP contribution in [0.15, 0.2) is 59.7 Å². The second kappa shape index (κ2) is 36.4. The fourth-order valence-electron chi connectivity index (χ4n) is 9.49. The Hall–Kier alpha value is -2.92. The van der Waals surface area contributed by atoms with Crippen molar-refractivity contribution >= 4 is 11.4 Å². The largest absolute Gasteiger partial charge is 0.493 e. The molecule has 346 valence electrons. The van der Waals surface area contributed by atoms with Gasteiger partial charge in [-0.05, 0) is 80.3 Å². The minimum absolute atomic E-state index is 0.873. The van der Waals surface area contributed by atoms with Gasteiger partial charge in [0, 0.05) is 23.1 Å². The van der Waals surface area contributed by atoms with Crippen LogP contribution in [0.2, 0.25) is 0 Å². The molecule has 0 N–H and O–H groups in total. The Balaban J connectivity index is 1.38. The molecule has 0 aromatic heterocycles. The summed E-state index contributed by atoms with van der Waals surface area (Å²) in [5, 5.41) is 0. The number of unbranched alkanes of at least 4 members (excludes halogenated alkanes) is 31. The van der Waals surface area contributed by atoms with Crippen molar-refractivity contribution in [3.8, 4) is 11.8 Å². The number of aryl methyl sites for hydroxylation is 2. The van der Waals surface area contributed by atoms with Crippen LogP contribution in [0.1, 0.15) is 281 Å². The molecule has 0 bridgehead atoms. The molecule has 0 saturated heterocycles. The van der Waals surface area contributed by atoms with Crippen LogP contribution < -0.4 is 0 Å². The van der Waals surface area contributed by atoms with Gasteiger partial charge in [0.05, 0.1) is 0 Å².